The number of esters is 1. The molecule has 23 heavy (non-hydrogen) atoms. The van der Waals surface area contributed by atoms with Crippen molar-refractivity contribution < 1.29 is 14.3 Å². The van der Waals surface area contributed by atoms with Crippen molar-refractivity contribution in [2.24, 2.45) is 5.92 Å². The highest BCUT2D eigenvalue weighted by Gasteiger charge is 2.42. The number of fused-ring (bicyclic) bond motifs is 3. The van der Waals surface area contributed by atoms with Crippen molar-refractivity contribution in [1.29, 1.82) is 5.26 Å². The van der Waals surface area contributed by atoms with Gasteiger partial charge in [-0.3, -0.25) is 4.79 Å². The molecule has 0 aliphatic carbocycles. The second-order valence-corrected chi connectivity index (χ2v) is 5.29. The number of anilines is 2. The maximum absolute atomic E-state index is 12.2. The first kappa shape index (κ1) is 14.9. The molecule has 2 aliphatic heterocycles. The van der Waals surface area contributed by atoms with Crippen molar-refractivity contribution in [3.05, 3.63) is 35.8 Å². The van der Waals surface area contributed by atoms with Gasteiger partial charge in [0.25, 0.3) is 0 Å². The fraction of sp³-hybridized carbons (Fsp3) is 0.312. The van der Waals surface area contributed by atoms with Gasteiger partial charge < -0.3 is 20.3 Å². The molecule has 7 nitrogen and oxygen atoms in total. The van der Waals surface area contributed by atoms with Crippen LogP contribution in [0.2, 0.25) is 0 Å². The van der Waals surface area contributed by atoms with Gasteiger partial charge in [-0.25, -0.2) is 4.79 Å². The molecule has 2 unspecified atom stereocenters. The topological polar surface area (TPSA) is 94.5 Å². The quantitative estimate of drug-likeness (QED) is 0.800. The van der Waals surface area contributed by atoms with E-state index in [0.717, 1.165) is 11.4 Å². The lowest BCUT2D eigenvalue weighted by molar-refractivity contribution is -0.138. The van der Waals surface area contributed by atoms with E-state index in [9.17, 15) is 14.9 Å². The number of nitriles is 1. The Kier molecular flexibility index (Phi) is 3.66. The van der Waals surface area contributed by atoms with E-state index in [1.807, 2.05) is 30.3 Å². The van der Waals surface area contributed by atoms with Crippen molar-refractivity contribution >= 4 is 23.3 Å². The normalized spacial score (nSPS) is 22.3. The lowest BCUT2D eigenvalue weighted by Gasteiger charge is -2.43. The van der Waals surface area contributed by atoms with Crippen LogP contribution in [0.4, 0.5) is 11.4 Å². The summed E-state index contributed by atoms with van der Waals surface area (Å²) in [7, 11) is 0. The Bertz CT molecular complexity index is 750. The summed E-state index contributed by atoms with van der Waals surface area (Å²) in [6.45, 7) is 3.73. The summed E-state index contributed by atoms with van der Waals surface area (Å²) in [6, 6.07) is 9.02. The molecule has 0 aromatic heterocycles. The third kappa shape index (κ3) is 2.28. The molecule has 0 radical (unpaired) electrons. The highest BCUT2D eigenvalue weighted by Crippen LogP contribution is 2.39. The fourth-order valence-corrected chi connectivity index (χ4v) is 2.85. The van der Waals surface area contributed by atoms with Crippen LogP contribution < -0.4 is 15.5 Å². The van der Waals surface area contributed by atoms with Crippen LogP contribution in [0.25, 0.3) is 0 Å². The molecule has 1 saturated heterocycles. The van der Waals surface area contributed by atoms with E-state index in [4.69, 9.17) is 4.74 Å². The summed E-state index contributed by atoms with van der Waals surface area (Å²) in [5, 5.41) is 14.9. The zero-order valence-electron chi connectivity index (χ0n) is 12.8. The molecule has 0 bridgehead atoms. The SMILES string of the molecule is CCOC(=O)C1=C2NC(=O)C(C#N)C(C)N2c2ccccc2N1. The summed E-state index contributed by atoms with van der Waals surface area (Å²) in [5.74, 6) is -1.47. The average molecular weight is 312 g/mol. The molecule has 2 heterocycles. The van der Waals surface area contributed by atoms with Crippen LogP contribution in [0.15, 0.2) is 35.8 Å². The van der Waals surface area contributed by atoms with Crippen molar-refractivity contribution in [3.8, 4) is 6.07 Å². The van der Waals surface area contributed by atoms with Crippen molar-refractivity contribution in [3.63, 3.8) is 0 Å². The Labute approximate surface area is 133 Å². The summed E-state index contributed by atoms with van der Waals surface area (Å²) >= 11 is 0. The molecular weight excluding hydrogens is 296 g/mol. The number of rotatable bonds is 2. The number of benzene rings is 1. The number of nitrogens with zero attached hydrogens (tertiary/aromatic N) is 2. The third-order valence-electron chi connectivity index (χ3n) is 3.93. The molecule has 2 N–H and O–H groups in total. The molecule has 118 valence electrons. The Morgan fingerprint density at radius 1 is 1.39 bits per heavy atom. The fourth-order valence-electron chi connectivity index (χ4n) is 2.85. The van der Waals surface area contributed by atoms with Crippen LogP contribution in [0.5, 0.6) is 0 Å². The van der Waals surface area contributed by atoms with E-state index in [2.05, 4.69) is 10.6 Å². The number of amides is 1. The minimum absolute atomic E-state index is 0.169. The van der Waals surface area contributed by atoms with Gasteiger partial charge in [0.1, 0.15) is 11.7 Å². The first-order valence-electron chi connectivity index (χ1n) is 7.35. The van der Waals surface area contributed by atoms with E-state index < -0.39 is 23.8 Å². The van der Waals surface area contributed by atoms with Crippen LogP contribution in [0, 0.1) is 17.2 Å². The van der Waals surface area contributed by atoms with Gasteiger partial charge in [0.15, 0.2) is 5.70 Å². The number of hydrogen-bond donors (Lipinski definition) is 2. The Balaban J connectivity index is 2.15. The van der Waals surface area contributed by atoms with Gasteiger partial charge >= 0.3 is 5.97 Å². The number of hydrogen-bond acceptors (Lipinski definition) is 6. The van der Waals surface area contributed by atoms with Crippen LogP contribution in [-0.4, -0.2) is 24.5 Å². The molecule has 1 aromatic rings. The number of nitrogens with one attached hydrogen (secondary N) is 2. The molecule has 1 amide bonds. The number of para-hydroxylation sites is 2. The zero-order valence-corrected chi connectivity index (χ0v) is 12.8. The first-order valence-corrected chi connectivity index (χ1v) is 7.35. The standard InChI is InChI=1S/C16H16N4O3/c1-3-23-16(22)13-14-19-15(21)10(8-17)9(2)20(14)12-7-5-4-6-11(12)18-13/h4-7,9-10,18H,3H2,1-2H3,(H,19,21). The second-order valence-electron chi connectivity index (χ2n) is 5.29. The minimum atomic E-state index is -0.826. The van der Waals surface area contributed by atoms with Gasteiger partial charge in [0.05, 0.1) is 30.1 Å². The van der Waals surface area contributed by atoms with E-state index in [-0.39, 0.29) is 12.3 Å². The van der Waals surface area contributed by atoms with Gasteiger partial charge in [0, 0.05) is 0 Å². The van der Waals surface area contributed by atoms with Gasteiger partial charge in [-0.2, -0.15) is 5.26 Å². The van der Waals surface area contributed by atoms with E-state index in [0.29, 0.717) is 5.82 Å². The van der Waals surface area contributed by atoms with Gasteiger partial charge in [-0.1, -0.05) is 12.1 Å². The first-order chi connectivity index (χ1) is 11.1. The molecular formula is C16H16N4O3. The molecule has 0 spiro atoms. The molecule has 2 aliphatic rings. The van der Waals surface area contributed by atoms with Crippen LogP contribution >= 0.6 is 0 Å². The summed E-state index contributed by atoms with van der Waals surface area (Å²) in [4.78, 5) is 26.2. The van der Waals surface area contributed by atoms with Gasteiger partial charge in [0.2, 0.25) is 5.91 Å². The average Bonchev–Trinajstić information content (AvgIpc) is 2.54. The highest BCUT2D eigenvalue weighted by atomic mass is 16.5. The predicted molar refractivity (Wildman–Crippen MR) is 82.9 cm³/mol. The van der Waals surface area contributed by atoms with E-state index in [1.165, 1.54) is 0 Å². The van der Waals surface area contributed by atoms with Crippen molar-refractivity contribution in [2.45, 2.75) is 19.9 Å². The number of carbonyl (C=O) groups excluding carboxylic acids is 2. The van der Waals surface area contributed by atoms with Crippen molar-refractivity contribution in [2.75, 3.05) is 16.8 Å². The molecule has 7 heteroatoms. The Morgan fingerprint density at radius 2 is 2.13 bits per heavy atom. The maximum Gasteiger partial charge on any atom is 0.358 e. The molecule has 1 fully saturated rings. The van der Waals surface area contributed by atoms with Gasteiger partial charge in [-0.05, 0) is 26.0 Å². The molecule has 0 saturated carbocycles. The number of carbonyl (C=O) groups is 2. The lowest BCUT2D eigenvalue weighted by atomic mass is 9.95. The van der Waals surface area contributed by atoms with Crippen LogP contribution in [0.3, 0.4) is 0 Å². The van der Waals surface area contributed by atoms with Crippen LogP contribution in [0.1, 0.15) is 13.8 Å². The van der Waals surface area contributed by atoms with Gasteiger partial charge in [-0.15, -0.1) is 0 Å². The van der Waals surface area contributed by atoms with Crippen LogP contribution in [-0.2, 0) is 14.3 Å². The number of ether oxygens (including phenoxy) is 1. The summed E-state index contributed by atoms with van der Waals surface area (Å²) in [6.07, 6.45) is 0. The van der Waals surface area contributed by atoms with E-state index >= 15 is 0 Å². The Morgan fingerprint density at radius 3 is 2.83 bits per heavy atom. The highest BCUT2D eigenvalue weighted by molar-refractivity contribution is 6.00. The summed E-state index contributed by atoms with van der Waals surface area (Å²) in [5.41, 5.74) is 1.68. The zero-order chi connectivity index (χ0) is 16.6. The second kappa shape index (κ2) is 5.65. The largest absolute Gasteiger partial charge is 0.461 e. The molecule has 2 atom stereocenters. The molecule has 3 rings (SSSR count). The minimum Gasteiger partial charge on any atom is -0.461 e. The molecule has 1 aromatic carbocycles. The third-order valence-corrected chi connectivity index (χ3v) is 3.93. The lowest BCUT2D eigenvalue weighted by Crippen LogP contribution is -2.56. The summed E-state index contributed by atoms with van der Waals surface area (Å²) < 4.78 is 5.07. The maximum atomic E-state index is 12.2. The van der Waals surface area contributed by atoms with E-state index in [1.54, 1.807) is 18.7 Å². The predicted octanol–water partition coefficient (Wildman–Crippen LogP) is 1.31. The Hall–Kier alpha value is -3.01. The smallest absolute Gasteiger partial charge is 0.358 e. The monoisotopic (exact) mass is 312 g/mol. The van der Waals surface area contributed by atoms with Crippen molar-refractivity contribution in [1.82, 2.24) is 5.32 Å².